The van der Waals surface area contributed by atoms with Crippen LogP contribution in [0.25, 0.3) is 0 Å². The van der Waals surface area contributed by atoms with Crippen molar-refractivity contribution in [3.8, 4) is 0 Å². The lowest BCUT2D eigenvalue weighted by Crippen LogP contribution is -2.30. The first kappa shape index (κ1) is 15.9. The fourth-order valence-electron chi connectivity index (χ4n) is 3.11. The number of hydrogen-bond acceptors (Lipinski definition) is 1. The summed E-state index contributed by atoms with van der Waals surface area (Å²) in [6, 6.07) is 6.22. The number of ketones is 1. The van der Waals surface area contributed by atoms with Gasteiger partial charge in [0.1, 0.15) is 0 Å². The molecule has 0 saturated carbocycles. The molecule has 0 aliphatic rings. The minimum absolute atomic E-state index is 0.170. The van der Waals surface area contributed by atoms with Crippen LogP contribution in [0.3, 0.4) is 0 Å². The topological polar surface area (TPSA) is 17.1 Å². The summed E-state index contributed by atoms with van der Waals surface area (Å²) in [4.78, 5) is 13.0. The molecule has 0 spiro atoms. The van der Waals surface area contributed by atoms with Gasteiger partial charge in [-0.25, -0.2) is 0 Å². The zero-order chi connectivity index (χ0) is 14.5. The molecule has 0 aliphatic carbocycles. The Labute approximate surface area is 118 Å². The zero-order valence-corrected chi connectivity index (χ0v) is 13.2. The van der Waals surface area contributed by atoms with E-state index in [1.807, 2.05) is 12.1 Å². The maximum absolute atomic E-state index is 13.0. The van der Waals surface area contributed by atoms with Gasteiger partial charge in [0.25, 0.3) is 0 Å². The van der Waals surface area contributed by atoms with E-state index >= 15 is 0 Å². The van der Waals surface area contributed by atoms with Gasteiger partial charge in [0.2, 0.25) is 0 Å². The van der Waals surface area contributed by atoms with E-state index in [4.69, 9.17) is 0 Å². The fraction of sp³-hybridized carbons (Fsp3) is 0.611. The Balaban J connectivity index is 3.33. The Hall–Kier alpha value is -1.11. The molecule has 0 amide bonds. The van der Waals surface area contributed by atoms with Crippen LogP contribution < -0.4 is 0 Å². The van der Waals surface area contributed by atoms with E-state index in [1.165, 1.54) is 11.1 Å². The molecule has 1 aromatic rings. The molecule has 0 unspecified atom stereocenters. The lowest BCUT2D eigenvalue weighted by atomic mass is 9.72. The fourth-order valence-corrected chi connectivity index (χ4v) is 3.11. The zero-order valence-electron chi connectivity index (χ0n) is 13.2. The first-order valence-corrected chi connectivity index (χ1v) is 7.75. The molecule has 106 valence electrons. The summed E-state index contributed by atoms with van der Waals surface area (Å²) in [5.74, 6) is 0.354. The largest absolute Gasteiger partial charge is 0.294 e. The molecular weight excluding hydrogens is 232 g/mol. The average Bonchev–Trinajstić information content (AvgIpc) is 2.48. The molecule has 0 aromatic heterocycles. The summed E-state index contributed by atoms with van der Waals surface area (Å²) in [5.41, 5.74) is 3.38. The summed E-state index contributed by atoms with van der Waals surface area (Å²) < 4.78 is 0. The second-order valence-corrected chi connectivity index (χ2v) is 5.32. The van der Waals surface area contributed by atoms with E-state index in [2.05, 4.69) is 40.7 Å². The normalized spacial score (nSPS) is 11.6. The van der Waals surface area contributed by atoms with Gasteiger partial charge in [-0.1, -0.05) is 52.8 Å². The molecule has 1 rings (SSSR count). The van der Waals surface area contributed by atoms with Crippen LogP contribution in [0.4, 0.5) is 0 Å². The number of carbonyl (C=O) groups is 1. The lowest BCUT2D eigenvalue weighted by molar-refractivity contribution is 0.0765. The molecule has 0 fully saturated rings. The minimum atomic E-state index is -0.170. The van der Waals surface area contributed by atoms with E-state index in [-0.39, 0.29) is 5.41 Å². The van der Waals surface area contributed by atoms with Crippen LogP contribution in [0.1, 0.15) is 75.4 Å². The highest BCUT2D eigenvalue weighted by Crippen LogP contribution is 2.36. The molecule has 0 bridgehead atoms. The van der Waals surface area contributed by atoms with Crippen molar-refractivity contribution in [2.75, 3.05) is 0 Å². The Morgan fingerprint density at radius 3 is 1.95 bits per heavy atom. The Bertz CT molecular complexity index is 419. The highest BCUT2D eigenvalue weighted by molar-refractivity contribution is 6.02. The molecule has 0 heterocycles. The predicted octanol–water partition coefficient (Wildman–Crippen LogP) is 5.21. The van der Waals surface area contributed by atoms with Crippen LogP contribution in [0, 0.1) is 5.41 Å². The summed E-state index contributed by atoms with van der Waals surface area (Å²) in [5, 5.41) is 0. The molecule has 1 heteroatoms. The molecule has 0 atom stereocenters. The van der Waals surface area contributed by atoms with Crippen LogP contribution in [-0.2, 0) is 12.8 Å². The first-order chi connectivity index (χ1) is 9.10. The standard InChI is InChI=1S/C18H28O/c1-6-14-12-11-13-16(15(14)7-2)17(19)18(8-3,9-4)10-5/h11-13H,6-10H2,1-5H3. The van der Waals surface area contributed by atoms with Gasteiger partial charge in [-0.05, 0) is 43.2 Å². The van der Waals surface area contributed by atoms with Gasteiger partial charge < -0.3 is 0 Å². The molecule has 0 N–H and O–H groups in total. The van der Waals surface area contributed by atoms with Gasteiger partial charge in [0.05, 0.1) is 0 Å². The smallest absolute Gasteiger partial charge is 0.169 e. The quantitative estimate of drug-likeness (QED) is 0.615. The number of rotatable bonds is 7. The monoisotopic (exact) mass is 260 g/mol. The van der Waals surface area contributed by atoms with Crippen molar-refractivity contribution >= 4 is 5.78 Å². The third-order valence-corrected chi connectivity index (χ3v) is 4.76. The van der Waals surface area contributed by atoms with Crippen molar-refractivity contribution < 1.29 is 4.79 Å². The Kier molecular flexibility index (Phi) is 5.78. The summed E-state index contributed by atoms with van der Waals surface area (Å²) in [6.45, 7) is 10.7. The summed E-state index contributed by atoms with van der Waals surface area (Å²) in [6.07, 6.45) is 4.73. The highest BCUT2D eigenvalue weighted by Gasteiger charge is 2.34. The molecule has 19 heavy (non-hydrogen) atoms. The molecule has 0 saturated heterocycles. The molecule has 0 aliphatic heterocycles. The van der Waals surface area contributed by atoms with Gasteiger partial charge in [0, 0.05) is 11.0 Å². The van der Waals surface area contributed by atoms with Crippen molar-refractivity contribution in [2.45, 2.75) is 66.7 Å². The first-order valence-electron chi connectivity index (χ1n) is 7.75. The highest BCUT2D eigenvalue weighted by atomic mass is 16.1. The third-order valence-electron chi connectivity index (χ3n) is 4.76. The van der Waals surface area contributed by atoms with Crippen molar-refractivity contribution in [3.63, 3.8) is 0 Å². The number of aryl methyl sites for hydroxylation is 1. The Morgan fingerprint density at radius 2 is 1.53 bits per heavy atom. The molecular formula is C18H28O. The van der Waals surface area contributed by atoms with Crippen LogP contribution in [0.15, 0.2) is 18.2 Å². The van der Waals surface area contributed by atoms with Gasteiger partial charge in [-0.3, -0.25) is 4.79 Å². The Morgan fingerprint density at radius 1 is 0.947 bits per heavy atom. The van der Waals surface area contributed by atoms with Gasteiger partial charge in [0.15, 0.2) is 5.78 Å². The van der Waals surface area contributed by atoms with E-state index in [0.29, 0.717) is 5.78 Å². The second kappa shape index (κ2) is 6.88. The van der Waals surface area contributed by atoms with E-state index in [0.717, 1.165) is 37.7 Å². The van der Waals surface area contributed by atoms with Gasteiger partial charge in [-0.15, -0.1) is 0 Å². The van der Waals surface area contributed by atoms with Gasteiger partial charge in [-0.2, -0.15) is 0 Å². The SMILES string of the molecule is CCc1cccc(C(=O)C(CC)(CC)CC)c1CC. The number of benzene rings is 1. The van der Waals surface area contributed by atoms with E-state index < -0.39 is 0 Å². The maximum atomic E-state index is 13.0. The molecule has 1 aromatic carbocycles. The number of Topliss-reactive ketones (excluding diaryl/α,β-unsaturated/α-hetero) is 1. The van der Waals surface area contributed by atoms with Crippen molar-refractivity contribution in [3.05, 3.63) is 34.9 Å². The van der Waals surface area contributed by atoms with Gasteiger partial charge >= 0.3 is 0 Å². The van der Waals surface area contributed by atoms with Crippen molar-refractivity contribution in [1.29, 1.82) is 0 Å². The van der Waals surface area contributed by atoms with Crippen LogP contribution in [0.5, 0.6) is 0 Å². The summed E-state index contributed by atoms with van der Waals surface area (Å²) in [7, 11) is 0. The van der Waals surface area contributed by atoms with Crippen LogP contribution in [-0.4, -0.2) is 5.78 Å². The predicted molar refractivity (Wildman–Crippen MR) is 82.8 cm³/mol. The van der Waals surface area contributed by atoms with Crippen molar-refractivity contribution in [1.82, 2.24) is 0 Å². The lowest BCUT2D eigenvalue weighted by Gasteiger charge is -2.30. The number of carbonyl (C=O) groups excluding carboxylic acids is 1. The van der Waals surface area contributed by atoms with Crippen LogP contribution >= 0.6 is 0 Å². The average molecular weight is 260 g/mol. The molecule has 1 nitrogen and oxygen atoms in total. The van der Waals surface area contributed by atoms with Crippen molar-refractivity contribution in [2.24, 2.45) is 5.41 Å². The van der Waals surface area contributed by atoms with E-state index in [9.17, 15) is 4.79 Å². The maximum Gasteiger partial charge on any atom is 0.169 e. The number of hydrogen-bond donors (Lipinski definition) is 0. The minimum Gasteiger partial charge on any atom is -0.294 e. The summed E-state index contributed by atoms with van der Waals surface area (Å²) >= 11 is 0. The third kappa shape index (κ3) is 2.91. The van der Waals surface area contributed by atoms with E-state index in [1.54, 1.807) is 0 Å². The molecule has 0 radical (unpaired) electrons. The van der Waals surface area contributed by atoms with Crippen LogP contribution in [0.2, 0.25) is 0 Å². The second-order valence-electron chi connectivity index (χ2n) is 5.32.